The van der Waals surface area contributed by atoms with Crippen molar-refractivity contribution in [3.05, 3.63) is 0 Å². The first-order valence-corrected chi connectivity index (χ1v) is 11.6. The fourth-order valence-corrected chi connectivity index (χ4v) is 4.47. The van der Waals surface area contributed by atoms with E-state index in [-0.39, 0.29) is 0 Å². The van der Waals surface area contributed by atoms with Crippen LogP contribution in [0.5, 0.6) is 0 Å². The van der Waals surface area contributed by atoms with Crippen molar-refractivity contribution >= 4 is 0 Å². The Balaban J connectivity index is 1.82. The predicted molar refractivity (Wildman–Crippen MR) is 110 cm³/mol. The molecule has 0 aliphatic heterocycles. The maximum Gasteiger partial charge on any atom is 0.0697 e. The van der Waals surface area contributed by atoms with Crippen molar-refractivity contribution in [2.45, 2.75) is 147 Å². The van der Waals surface area contributed by atoms with Crippen molar-refractivity contribution in [1.82, 2.24) is 0 Å². The Bertz CT molecular complexity index is 309. The van der Waals surface area contributed by atoms with Gasteiger partial charge in [0.15, 0.2) is 0 Å². The third-order valence-electron chi connectivity index (χ3n) is 6.02. The van der Waals surface area contributed by atoms with Crippen molar-refractivity contribution < 1.29 is 15.3 Å². The van der Waals surface area contributed by atoms with E-state index in [1.807, 2.05) is 0 Å². The zero-order valence-electron chi connectivity index (χ0n) is 17.4. The molecule has 0 bridgehead atoms. The predicted octanol–water partition coefficient (Wildman–Crippen LogP) is 5.88. The molecular formula is C23H46O3. The molecule has 0 unspecified atom stereocenters. The normalized spacial score (nSPS) is 26.3. The number of unbranched alkanes of at least 4 members (excludes halogenated alkanes) is 14. The molecule has 3 heteroatoms. The molecule has 1 saturated carbocycles. The summed E-state index contributed by atoms with van der Waals surface area (Å²) < 4.78 is 0. The van der Waals surface area contributed by atoms with Gasteiger partial charge in [0.1, 0.15) is 0 Å². The van der Waals surface area contributed by atoms with Crippen molar-refractivity contribution in [3.63, 3.8) is 0 Å². The van der Waals surface area contributed by atoms with Crippen molar-refractivity contribution in [2.75, 3.05) is 0 Å². The molecule has 0 saturated heterocycles. The summed E-state index contributed by atoms with van der Waals surface area (Å²) in [6, 6.07) is 0. The number of rotatable bonds is 16. The van der Waals surface area contributed by atoms with E-state index >= 15 is 0 Å². The van der Waals surface area contributed by atoms with E-state index in [2.05, 4.69) is 6.92 Å². The molecule has 0 aromatic carbocycles. The van der Waals surface area contributed by atoms with Crippen LogP contribution in [0.4, 0.5) is 0 Å². The third-order valence-corrected chi connectivity index (χ3v) is 6.02. The summed E-state index contributed by atoms with van der Waals surface area (Å²) in [4.78, 5) is 0. The molecule has 3 N–H and O–H groups in total. The summed E-state index contributed by atoms with van der Waals surface area (Å²) >= 11 is 0. The van der Waals surface area contributed by atoms with E-state index in [0.717, 1.165) is 19.3 Å². The highest BCUT2D eigenvalue weighted by Crippen LogP contribution is 2.33. The van der Waals surface area contributed by atoms with Crippen LogP contribution in [-0.2, 0) is 0 Å². The SMILES string of the molecule is CCCCCCCCCCCCCCCCCC1(O)C[C@@H](O)C[C@H](O)C1. The van der Waals surface area contributed by atoms with Crippen LogP contribution >= 0.6 is 0 Å². The summed E-state index contributed by atoms with van der Waals surface area (Å²) in [5.74, 6) is 0. The smallest absolute Gasteiger partial charge is 0.0697 e. The van der Waals surface area contributed by atoms with Crippen molar-refractivity contribution in [3.8, 4) is 0 Å². The van der Waals surface area contributed by atoms with Gasteiger partial charge in [-0.1, -0.05) is 103 Å². The Kier molecular flexibility index (Phi) is 13.7. The van der Waals surface area contributed by atoms with Gasteiger partial charge in [-0.2, -0.15) is 0 Å². The molecule has 1 rings (SSSR count). The molecule has 26 heavy (non-hydrogen) atoms. The van der Waals surface area contributed by atoms with Gasteiger partial charge >= 0.3 is 0 Å². The Morgan fingerprint density at radius 1 is 0.615 bits per heavy atom. The summed E-state index contributed by atoms with van der Waals surface area (Å²) in [6.45, 7) is 2.27. The van der Waals surface area contributed by atoms with Crippen LogP contribution in [0.1, 0.15) is 129 Å². The zero-order valence-corrected chi connectivity index (χ0v) is 17.4. The molecule has 0 radical (unpaired) electrons. The van der Waals surface area contributed by atoms with E-state index in [1.54, 1.807) is 0 Å². The highest BCUT2D eigenvalue weighted by atomic mass is 16.3. The van der Waals surface area contributed by atoms with Gasteiger partial charge in [0.05, 0.1) is 17.8 Å². The molecule has 0 aromatic heterocycles. The van der Waals surface area contributed by atoms with Crippen LogP contribution in [0.25, 0.3) is 0 Å². The Hall–Kier alpha value is -0.120. The van der Waals surface area contributed by atoms with Crippen molar-refractivity contribution in [1.29, 1.82) is 0 Å². The number of aliphatic hydroxyl groups is 3. The lowest BCUT2D eigenvalue weighted by Gasteiger charge is -2.37. The minimum atomic E-state index is -0.840. The molecule has 1 aliphatic rings. The largest absolute Gasteiger partial charge is 0.393 e. The average Bonchev–Trinajstić information content (AvgIpc) is 2.57. The van der Waals surface area contributed by atoms with Gasteiger partial charge in [0, 0.05) is 12.8 Å². The van der Waals surface area contributed by atoms with Crippen LogP contribution in [0.2, 0.25) is 0 Å². The second-order valence-corrected chi connectivity index (χ2v) is 8.88. The van der Waals surface area contributed by atoms with Crippen LogP contribution in [0, 0.1) is 0 Å². The molecule has 1 fully saturated rings. The second kappa shape index (κ2) is 14.9. The first-order valence-electron chi connectivity index (χ1n) is 11.6. The highest BCUT2D eigenvalue weighted by molar-refractivity contribution is 4.90. The van der Waals surface area contributed by atoms with Crippen LogP contribution in [-0.4, -0.2) is 33.1 Å². The first kappa shape index (κ1) is 23.9. The van der Waals surface area contributed by atoms with Gasteiger partial charge in [-0.15, -0.1) is 0 Å². The Labute approximate surface area is 162 Å². The van der Waals surface area contributed by atoms with Crippen LogP contribution in [0.15, 0.2) is 0 Å². The summed E-state index contributed by atoms with van der Waals surface area (Å²) in [7, 11) is 0. The lowest BCUT2D eigenvalue weighted by Crippen LogP contribution is -2.43. The minimum absolute atomic E-state index is 0.418. The molecular weight excluding hydrogens is 324 g/mol. The molecule has 0 aromatic rings. The van der Waals surface area contributed by atoms with Gasteiger partial charge < -0.3 is 15.3 Å². The molecule has 0 amide bonds. The van der Waals surface area contributed by atoms with Gasteiger partial charge in [-0.3, -0.25) is 0 Å². The van der Waals surface area contributed by atoms with Crippen LogP contribution < -0.4 is 0 Å². The van der Waals surface area contributed by atoms with Crippen LogP contribution in [0.3, 0.4) is 0 Å². The monoisotopic (exact) mass is 370 g/mol. The van der Waals surface area contributed by atoms with Crippen molar-refractivity contribution in [2.24, 2.45) is 0 Å². The Morgan fingerprint density at radius 2 is 0.962 bits per heavy atom. The summed E-state index contributed by atoms with van der Waals surface area (Å²) in [5, 5.41) is 29.9. The average molecular weight is 371 g/mol. The summed E-state index contributed by atoms with van der Waals surface area (Å²) in [5.41, 5.74) is -0.840. The highest BCUT2D eigenvalue weighted by Gasteiger charge is 2.37. The first-order chi connectivity index (χ1) is 12.6. The Morgan fingerprint density at radius 3 is 1.35 bits per heavy atom. The third kappa shape index (κ3) is 12.3. The maximum absolute atomic E-state index is 10.5. The topological polar surface area (TPSA) is 60.7 Å². The van der Waals surface area contributed by atoms with E-state index in [9.17, 15) is 15.3 Å². The van der Waals surface area contributed by atoms with E-state index in [4.69, 9.17) is 0 Å². The number of hydrogen-bond donors (Lipinski definition) is 3. The van der Waals surface area contributed by atoms with E-state index in [0.29, 0.717) is 19.3 Å². The molecule has 0 heterocycles. The number of aliphatic hydroxyl groups excluding tert-OH is 2. The van der Waals surface area contributed by atoms with E-state index in [1.165, 1.54) is 83.5 Å². The minimum Gasteiger partial charge on any atom is -0.393 e. The van der Waals surface area contributed by atoms with Gasteiger partial charge in [0.2, 0.25) is 0 Å². The molecule has 1 aliphatic carbocycles. The molecule has 2 atom stereocenters. The van der Waals surface area contributed by atoms with E-state index < -0.39 is 17.8 Å². The lowest BCUT2D eigenvalue weighted by atomic mass is 9.78. The zero-order chi connectivity index (χ0) is 19.1. The summed E-state index contributed by atoms with van der Waals surface area (Å²) in [6.07, 6.45) is 21.0. The van der Waals surface area contributed by atoms with Gasteiger partial charge in [-0.25, -0.2) is 0 Å². The molecule has 0 spiro atoms. The standard InChI is InChI=1S/C23H46O3/c1-2-3-4-5-6-7-8-9-10-11-12-13-14-15-16-17-23(26)19-21(24)18-22(25)20-23/h21-22,24-26H,2-20H2,1H3/t21-,22-/m0/s1. The second-order valence-electron chi connectivity index (χ2n) is 8.88. The van der Waals surface area contributed by atoms with Gasteiger partial charge in [0.25, 0.3) is 0 Å². The maximum atomic E-state index is 10.5. The van der Waals surface area contributed by atoms with Gasteiger partial charge in [-0.05, 0) is 12.8 Å². The fraction of sp³-hybridized carbons (Fsp3) is 1.00. The fourth-order valence-electron chi connectivity index (χ4n) is 4.47. The number of hydrogen-bond acceptors (Lipinski definition) is 3. The quantitative estimate of drug-likeness (QED) is 0.297. The lowest BCUT2D eigenvalue weighted by molar-refractivity contribution is -0.0950. The molecule has 156 valence electrons. The molecule has 3 nitrogen and oxygen atoms in total.